The topological polar surface area (TPSA) is 49.9 Å². The molecule has 2 aromatic rings. The molecule has 146 valence electrons. The van der Waals surface area contributed by atoms with Gasteiger partial charge >= 0.3 is 0 Å². The number of rotatable bonds is 2. The van der Waals surface area contributed by atoms with Crippen molar-refractivity contribution in [1.29, 1.82) is 0 Å². The summed E-state index contributed by atoms with van der Waals surface area (Å²) < 4.78 is 6.08. The first-order valence-corrected chi connectivity index (χ1v) is 10.0. The van der Waals surface area contributed by atoms with Crippen LogP contribution in [0.25, 0.3) is 0 Å². The molecule has 0 aliphatic carbocycles. The summed E-state index contributed by atoms with van der Waals surface area (Å²) in [5.74, 6) is -0.146. The summed E-state index contributed by atoms with van der Waals surface area (Å²) in [6, 6.07) is 16.5. The second kappa shape index (κ2) is 7.94. The number of benzene rings is 2. The number of amides is 2. The molecule has 1 atom stereocenters. The van der Waals surface area contributed by atoms with E-state index in [1.807, 2.05) is 35.2 Å². The Kier molecular flexibility index (Phi) is 5.38. The first-order valence-electron chi connectivity index (χ1n) is 9.65. The molecule has 0 aromatic heterocycles. The average molecular weight is 399 g/mol. The zero-order valence-electron chi connectivity index (χ0n) is 15.6. The van der Waals surface area contributed by atoms with E-state index in [-0.39, 0.29) is 18.4 Å². The molecule has 2 saturated heterocycles. The third-order valence-electron chi connectivity index (χ3n) is 5.48. The summed E-state index contributed by atoms with van der Waals surface area (Å²) in [4.78, 5) is 30.0. The molecule has 0 N–H and O–H groups in total. The van der Waals surface area contributed by atoms with Crippen LogP contribution in [0.15, 0.2) is 54.6 Å². The van der Waals surface area contributed by atoms with E-state index in [1.165, 1.54) is 0 Å². The quantitative estimate of drug-likeness (QED) is 0.773. The van der Waals surface area contributed by atoms with E-state index in [1.54, 1.807) is 29.2 Å². The molecule has 2 heterocycles. The maximum atomic E-state index is 13.5. The molecular formula is C22H23ClN2O3. The van der Waals surface area contributed by atoms with E-state index >= 15 is 0 Å². The predicted octanol–water partition coefficient (Wildman–Crippen LogP) is 3.77. The van der Waals surface area contributed by atoms with Gasteiger partial charge in [0.2, 0.25) is 0 Å². The van der Waals surface area contributed by atoms with Crippen molar-refractivity contribution in [2.75, 3.05) is 31.1 Å². The van der Waals surface area contributed by atoms with Crippen molar-refractivity contribution in [3.63, 3.8) is 0 Å². The lowest BCUT2D eigenvalue weighted by Crippen LogP contribution is -2.61. The van der Waals surface area contributed by atoms with E-state index in [4.69, 9.17) is 16.3 Å². The predicted molar refractivity (Wildman–Crippen MR) is 109 cm³/mol. The maximum absolute atomic E-state index is 13.5. The Morgan fingerprint density at radius 2 is 1.75 bits per heavy atom. The number of morpholine rings is 1. The lowest BCUT2D eigenvalue weighted by molar-refractivity contribution is -0.155. The van der Waals surface area contributed by atoms with Crippen LogP contribution in [-0.4, -0.2) is 48.6 Å². The van der Waals surface area contributed by atoms with Crippen molar-refractivity contribution in [3.8, 4) is 0 Å². The monoisotopic (exact) mass is 398 g/mol. The summed E-state index contributed by atoms with van der Waals surface area (Å²) in [5.41, 5.74) is 0.466. The number of nitrogens with zero attached hydrogens (tertiary/aromatic N) is 2. The van der Waals surface area contributed by atoms with Gasteiger partial charge < -0.3 is 14.5 Å². The number of hydrogen-bond donors (Lipinski definition) is 0. The van der Waals surface area contributed by atoms with Gasteiger partial charge in [0.25, 0.3) is 11.8 Å². The van der Waals surface area contributed by atoms with E-state index in [0.717, 1.165) is 18.5 Å². The van der Waals surface area contributed by atoms with Crippen molar-refractivity contribution in [1.82, 2.24) is 4.90 Å². The highest BCUT2D eigenvalue weighted by Gasteiger charge is 2.48. The van der Waals surface area contributed by atoms with Crippen LogP contribution in [0.4, 0.5) is 5.69 Å². The van der Waals surface area contributed by atoms with Crippen molar-refractivity contribution in [2.24, 2.45) is 0 Å². The molecule has 4 rings (SSSR count). The molecule has 28 heavy (non-hydrogen) atoms. The highest BCUT2D eigenvalue weighted by molar-refractivity contribution is 6.30. The molecule has 2 amide bonds. The number of halogens is 1. The van der Waals surface area contributed by atoms with Gasteiger partial charge in [-0.15, -0.1) is 0 Å². The Bertz CT molecular complexity index is 856. The molecular weight excluding hydrogens is 376 g/mol. The minimum absolute atomic E-state index is 0.0511. The fraction of sp³-hybridized carbons (Fsp3) is 0.364. The van der Waals surface area contributed by atoms with E-state index in [0.29, 0.717) is 36.7 Å². The van der Waals surface area contributed by atoms with E-state index in [2.05, 4.69) is 0 Å². The lowest BCUT2D eigenvalue weighted by Gasteiger charge is -2.42. The Balaban J connectivity index is 1.59. The van der Waals surface area contributed by atoms with Crippen LogP contribution in [0.3, 0.4) is 0 Å². The third kappa shape index (κ3) is 3.64. The summed E-state index contributed by atoms with van der Waals surface area (Å²) in [5, 5.41) is 0.590. The minimum Gasteiger partial charge on any atom is -0.361 e. The van der Waals surface area contributed by atoms with Crippen molar-refractivity contribution < 1.29 is 14.3 Å². The molecule has 0 bridgehead atoms. The number of anilines is 1. The smallest absolute Gasteiger partial charge is 0.261 e. The fourth-order valence-corrected chi connectivity index (χ4v) is 4.13. The zero-order valence-corrected chi connectivity index (χ0v) is 16.4. The van der Waals surface area contributed by atoms with Gasteiger partial charge in [-0.05, 0) is 55.7 Å². The lowest BCUT2D eigenvalue weighted by atomic mass is 9.93. The van der Waals surface area contributed by atoms with Gasteiger partial charge in [0.1, 0.15) is 0 Å². The number of hydrogen-bond acceptors (Lipinski definition) is 3. The number of carbonyl (C=O) groups is 2. The molecule has 2 aliphatic heterocycles. The normalized spacial score (nSPS) is 23.0. The highest BCUT2D eigenvalue weighted by Crippen LogP contribution is 2.32. The number of carbonyl (C=O) groups excluding carboxylic acids is 2. The summed E-state index contributed by atoms with van der Waals surface area (Å²) in [6.45, 7) is 1.77. The Labute approximate surface area is 169 Å². The molecule has 2 aliphatic rings. The zero-order chi connectivity index (χ0) is 19.6. The van der Waals surface area contributed by atoms with Crippen LogP contribution in [0.1, 0.15) is 29.6 Å². The van der Waals surface area contributed by atoms with Gasteiger partial charge in [-0.3, -0.25) is 9.59 Å². The molecule has 2 fully saturated rings. The van der Waals surface area contributed by atoms with Crippen LogP contribution in [-0.2, 0) is 9.53 Å². The number of ether oxygens (including phenoxy) is 1. The second-order valence-corrected chi connectivity index (χ2v) is 7.76. The number of para-hydroxylation sites is 1. The molecule has 2 aromatic carbocycles. The van der Waals surface area contributed by atoms with E-state index < -0.39 is 5.60 Å². The maximum Gasteiger partial charge on any atom is 0.261 e. The molecule has 5 nitrogen and oxygen atoms in total. The van der Waals surface area contributed by atoms with Gasteiger partial charge in [0.15, 0.2) is 5.60 Å². The Hall–Kier alpha value is -2.37. The van der Waals surface area contributed by atoms with Crippen LogP contribution in [0.2, 0.25) is 5.02 Å². The van der Waals surface area contributed by atoms with Crippen LogP contribution in [0.5, 0.6) is 0 Å². The van der Waals surface area contributed by atoms with Crippen molar-refractivity contribution in [3.05, 3.63) is 65.2 Å². The SMILES string of the molecule is O=C(c1ccc(Cl)cc1)N1CCOC2(CCCCN(c3ccccc3)C2=O)C1. The van der Waals surface area contributed by atoms with Crippen molar-refractivity contribution >= 4 is 29.1 Å². The summed E-state index contributed by atoms with van der Waals surface area (Å²) in [6.07, 6.45) is 2.43. The summed E-state index contributed by atoms with van der Waals surface area (Å²) in [7, 11) is 0. The standard InChI is InChI=1S/C22H23ClN2O3/c23-18-10-8-17(9-11-18)20(26)24-14-15-28-22(16-24)12-4-5-13-25(21(22)27)19-6-2-1-3-7-19/h1-3,6-11H,4-5,12-16H2. The molecule has 1 spiro atoms. The van der Waals surface area contributed by atoms with Gasteiger partial charge in [0, 0.05) is 29.4 Å². The van der Waals surface area contributed by atoms with Gasteiger partial charge in [0.05, 0.1) is 13.2 Å². The minimum atomic E-state index is -0.979. The fourth-order valence-electron chi connectivity index (χ4n) is 4.00. The first-order chi connectivity index (χ1) is 13.6. The van der Waals surface area contributed by atoms with Crippen LogP contribution < -0.4 is 4.90 Å². The summed E-state index contributed by atoms with van der Waals surface area (Å²) >= 11 is 5.94. The van der Waals surface area contributed by atoms with Gasteiger partial charge in [-0.2, -0.15) is 0 Å². The third-order valence-corrected chi connectivity index (χ3v) is 5.73. The van der Waals surface area contributed by atoms with Gasteiger partial charge in [-0.1, -0.05) is 29.8 Å². The molecule has 1 unspecified atom stereocenters. The molecule has 0 saturated carbocycles. The largest absolute Gasteiger partial charge is 0.361 e. The Morgan fingerprint density at radius 3 is 2.50 bits per heavy atom. The second-order valence-electron chi connectivity index (χ2n) is 7.33. The van der Waals surface area contributed by atoms with E-state index in [9.17, 15) is 9.59 Å². The first kappa shape index (κ1) is 19.0. The van der Waals surface area contributed by atoms with Crippen LogP contribution >= 0.6 is 11.6 Å². The Morgan fingerprint density at radius 1 is 1.00 bits per heavy atom. The average Bonchev–Trinajstić information content (AvgIpc) is 2.88. The molecule has 0 radical (unpaired) electrons. The van der Waals surface area contributed by atoms with Crippen molar-refractivity contribution in [2.45, 2.75) is 24.9 Å². The molecule has 6 heteroatoms. The highest BCUT2D eigenvalue weighted by atomic mass is 35.5. The van der Waals surface area contributed by atoms with Gasteiger partial charge in [-0.25, -0.2) is 0 Å². The van der Waals surface area contributed by atoms with Crippen LogP contribution in [0, 0.1) is 0 Å².